The molecule has 0 atom stereocenters. The molecule has 2 aromatic carbocycles. The Labute approximate surface area is 189 Å². The molecule has 0 radical (unpaired) electrons. The molecule has 3 N–H and O–H groups in total. The summed E-state index contributed by atoms with van der Waals surface area (Å²) in [5, 5.41) is 7.23. The van der Waals surface area contributed by atoms with Crippen LogP contribution in [0, 0.1) is 0 Å². The van der Waals surface area contributed by atoms with Crippen LogP contribution < -0.4 is 10.6 Å². The number of carbonyl (C=O) groups is 2. The molecule has 6 nitrogen and oxygen atoms in total. The molecule has 1 aliphatic rings. The van der Waals surface area contributed by atoms with Crippen LogP contribution in [0.1, 0.15) is 60.0 Å². The van der Waals surface area contributed by atoms with E-state index in [0.717, 1.165) is 44.3 Å². The van der Waals surface area contributed by atoms with Crippen LogP contribution in [0.2, 0.25) is 0 Å². The molecule has 6 heteroatoms. The number of hydrogen-bond donors (Lipinski definition) is 3. The van der Waals surface area contributed by atoms with Crippen molar-refractivity contribution in [3.05, 3.63) is 71.4 Å². The van der Waals surface area contributed by atoms with E-state index in [9.17, 15) is 9.59 Å². The zero-order valence-corrected chi connectivity index (χ0v) is 18.7. The number of nitrogens with one attached hydrogen (secondary N) is 3. The lowest BCUT2D eigenvalue weighted by Gasteiger charge is -2.32. The third-order valence-corrected chi connectivity index (χ3v) is 6.32. The lowest BCUT2D eigenvalue weighted by atomic mass is 9.89. The van der Waals surface area contributed by atoms with Crippen LogP contribution in [0.25, 0.3) is 10.9 Å². The summed E-state index contributed by atoms with van der Waals surface area (Å²) in [6, 6.07) is 15.8. The molecule has 0 aliphatic carbocycles. The van der Waals surface area contributed by atoms with Crippen LogP contribution >= 0.6 is 0 Å². The van der Waals surface area contributed by atoms with Crippen molar-refractivity contribution in [2.75, 3.05) is 19.6 Å². The number of likely N-dealkylation sites (tertiary alicyclic amines) is 1. The highest BCUT2D eigenvalue weighted by Gasteiger charge is 2.25. The van der Waals surface area contributed by atoms with Gasteiger partial charge in [0.05, 0.1) is 0 Å². The summed E-state index contributed by atoms with van der Waals surface area (Å²) in [5.41, 5.74) is 4.17. The van der Waals surface area contributed by atoms with Crippen LogP contribution in [-0.2, 0) is 6.54 Å². The minimum absolute atomic E-state index is 0.0243. The molecule has 4 rings (SSSR count). The van der Waals surface area contributed by atoms with Crippen LogP contribution in [0.4, 0.5) is 4.79 Å². The summed E-state index contributed by atoms with van der Waals surface area (Å²) in [6.07, 6.45) is 6.10. The SMILES string of the molecule is CCCCNC(=O)c1ccc(CNC(=O)N2CCC(c3c[nH]c4ccccc34)CC2)cc1. The molecule has 1 aliphatic heterocycles. The summed E-state index contributed by atoms with van der Waals surface area (Å²) in [5.74, 6) is 0.429. The monoisotopic (exact) mass is 432 g/mol. The first kappa shape index (κ1) is 21.9. The summed E-state index contributed by atoms with van der Waals surface area (Å²) in [6.45, 7) is 4.77. The molecule has 168 valence electrons. The van der Waals surface area contributed by atoms with E-state index >= 15 is 0 Å². The highest BCUT2D eigenvalue weighted by molar-refractivity contribution is 5.94. The van der Waals surface area contributed by atoms with Gasteiger partial charge in [0, 0.05) is 48.8 Å². The highest BCUT2D eigenvalue weighted by Crippen LogP contribution is 2.33. The number of carbonyl (C=O) groups excluding carboxylic acids is 2. The standard InChI is InChI=1S/C26H32N4O2/c1-2-3-14-27-25(31)21-10-8-19(9-11-21)17-29-26(32)30-15-12-20(13-16-30)23-18-28-24-7-5-4-6-22(23)24/h4-11,18,20,28H,2-3,12-17H2,1H3,(H,27,31)(H,29,32). The smallest absolute Gasteiger partial charge is 0.317 e. The van der Waals surface area contributed by atoms with E-state index in [-0.39, 0.29) is 11.9 Å². The van der Waals surface area contributed by atoms with Crippen molar-refractivity contribution in [1.29, 1.82) is 0 Å². The largest absolute Gasteiger partial charge is 0.361 e. The quantitative estimate of drug-likeness (QED) is 0.470. The molecule has 0 spiro atoms. The van der Waals surface area contributed by atoms with E-state index in [0.29, 0.717) is 24.6 Å². The molecule has 1 fully saturated rings. The molecule has 1 saturated heterocycles. The minimum atomic E-state index is -0.0490. The second kappa shape index (κ2) is 10.4. The summed E-state index contributed by atoms with van der Waals surface area (Å²) >= 11 is 0. The van der Waals surface area contributed by atoms with Gasteiger partial charge in [0.1, 0.15) is 0 Å². The number of urea groups is 1. The maximum atomic E-state index is 12.6. The van der Waals surface area contributed by atoms with Gasteiger partial charge in [-0.25, -0.2) is 4.79 Å². The number of piperidine rings is 1. The molecular weight excluding hydrogens is 400 g/mol. The second-order valence-electron chi connectivity index (χ2n) is 8.52. The molecule has 0 unspecified atom stereocenters. The van der Waals surface area contributed by atoms with Crippen LogP contribution in [0.5, 0.6) is 0 Å². The van der Waals surface area contributed by atoms with E-state index in [4.69, 9.17) is 0 Å². The molecule has 32 heavy (non-hydrogen) atoms. The second-order valence-corrected chi connectivity index (χ2v) is 8.52. The van der Waals surface area contributed by atoms with Gasteiger partial charge >= 0.3 is 6.03 Å². The van der Waals surface area contributed by atoms with Crippen LogP contribution in [0.3, 0.4) is 0 Å². The van der Waals surface area contributed by atoms with Gasteiger partial charge < -0.3 is 20.5 Å². The molecule has 2 heterocycles. The Hall–Kier alpha value is -3.28. The fourth-order valence-corrected chi connectivity index (χ4v) is 4.37. The number of amides is 3. The predicted octanol–water partition coefficient (Wildman–Crippen LogP) is 4.79. The van der Waals surface area contributed by atoms with Crippen LogP contribution in [-0.4, -0.2) is 41.5 Å². The van der Waals surface area contributed by atoms with E-state index in [1.54, 1.807) is 0 Å². The van der Waals surface area contributed by atoms with Crippen molar-refractivity contribution in [1.82, 2.24) is 20.5 Å². The van der Waals surface area contributed by atoms with E-state index < -0.39 is 0 Å². The Morgan fingerprint density at radius 1 is 1.03 bits per heavy atom. The Morgan fingerprint density at radius 2 is 1.78 bits per heavy atom. The molecule has 1 aromatic heterocycles. The molecule has 0 bridgehead atoms. The number of aromatic amines is 1. The van der Waals surface area contributed by atoms with E-state index in [1.807, 2.05) is 35.2 Å². The fraction of sp³-hybridized carbons (Fsp3) is 0.385. The normalized spacial score (nSPS) is 14.5. The Morgan fingerprint density at radius 3 is 2.53 bits per heavy atom. The molecular formula is C26H32N4O2. The van der Waals surface area contributed by atoms with E-state index in [1.165, 1.54) is 16.5 Å². The first-order chi connectivity index (χ1) is 15.7. The summed E-state index contributed by atoms with van der Waals surface area (Å²) < 4.78 is 0. The third-order valence-electron chi connectivity index (χ3n) is 6.32. The van der Waals surface area contributed by atoms with Gasteiger partial charge in [0.15, 0.2) is 0 Å². The maximum absolute atomic E-state index is 12.6. The lowest BCUT2D eigenvalue weighted by Crippen LogP contribution is -2.43. The first-order valence-electron chi connectivity index (χ1n) is 11.6. The number of benzene rings is 2. The predicted molar refractivity (Wildman–Crippen MR) is 128 cm³/mol. The topological polar surface area (TPSA) is 77.2 Å². The summed E-state index contributed by atoms with van der Waals surface area (Å²) in [4.78, 5) is 30.0. The molecule has 3 aromatic rings. The number of H-pyrrole nitrogens is 1. The Kier molecular flexibility index (Phi) is 7.10. The Balaban J connectivity index is 1.24. The number of hydrogen-bond acceptors (Lipinski definition) is 2. The highest BCUT2D eigenvalue weighted by atomic mass is 16.2. The first-order valence-corrected chi connectivity index (χ1v) is 11.6. The fourth-order valence-electron chi connectivity index (χ4n) is 4.37. The number of unbranched alkanes of at least 4 members (excludes halogenated alkanes) is 1. The zero-order chi connectivity index (χ0) is 22.3. The lowest BCUT2D eigenvalue weighted by molar-refractivity contribution is 0.0953. The number of aromatic nitrogens is 1. The van der Waals surface area contributed by atoms with Crippen molar-refractivity contribution in [2.45, 2.75) is 45.1 Å². The minimum Gasteiger partial charge on any atom is -0.361 e. The van der Waals surface area contributed by atoms with Crippen molar-refractivity contribution >= 4 is 22.8 Å². The Bertz CT molecular complexity index is 1050. The van der Waals surface area contributed by atoms with Gasteiger partial charge in [-0.2, -0.15) is 0 Å². The van der Waals surface area contributed by atoms with Gasteiger partial charge in [0.25, 0.3) is 5.91 Å². The van der Waals surface area contributed by atoms with Gasteiger partial charge in [-0.15, -0.1) is 0 Å². The third kappa shape index (κ3) is 5.13. The van der Waals surface area contributed by atoms with Crippen molar-refractivity contribution in [3.63, 3.8) is 0 Å². The average molecular weight is 433 g/mol. The van der Waals surface area contributed by atoms with Gasteiger partial charge in [-0.3, -0.25) is 4.79 Å². The van der Waals surface area contributed by atoms with Crippen molar-refractivity contribution < 1.29 is 9.59 Å². The molecule has 0 saturated carbocycles. The van der Waals surface area contributed by atoms with Crippen molar-refractivity contribution in [2.24, 2.45) is 0 Å². The molecule has 3 amide bonds. The maximum Gasteiger partial charge on any atom is 0.317 e. The number of fused-ring (bicyclic) bond motifs is 1. The van der Waals surface area contributed by atoms with Gasteiger partial charge in [-0.1, -0.05) is 43.7 Å². The summed E-state index contributed by atoms with van der Waals surface area (Å²) in [7, 11) is 0. The average Bonchev–Trinajstić information content (AvgIpc) is 3.27. The van der Waals surface area contributed by atoms with Gasteiger partial charge in [0.2, 0.25) is 0 Å². The van der Waals surface area contributed by atoms with Crippen LogP contribution in [0.15, 0.2) is 54.7 Å². The van der Waals surface area contributed by atoms with Gasteiger partial charge in [-0.05, 0) is 54.5 Å². The zero-order valence-electron chi connectivity index (χ0n) is 18.7. The van der Waals surface area contributed by atoms with Crippen molar-refractivity contribution in [3.8, 4) is 0 Å². The number of para-hydroxylation sites is 1. The van der Waals surface area contributed by atoms with E-state index in [2.05, 4.69) is 46.9 Å². The number of nitrogens with zero attached hydrogens (tertiary/aromatic N) is 1. The number of rotatable bonds is 7.